The Kier molecular flexibility index (Phi) is 4.88. The zero-order chi connectivity index (χ0) is 17.0. The van der Waals surface area contributed by atoms with Crippen molar-refractivity contribution in [3.63, 3.8) is 0 Å². The van der Waals surface area contributed by atoms with E-state index in [9.17, 15) is 9.18 Å². The fraction of sp³-hybridized carbons (Fsp3) is 0.375. The first kappa shape index (κ1) is 16.8. The van der Waals surface area contributed by atoms with Gasteiger partial charge in [-0.1, -0.05) is 20.8 Å². The van der Waals surface area contributed by atoms with Gasteiger partial charge < -0.3 is 19.6 Å². The Hall–Kier alpha value is -2.57. The molecule has 2 rings (SSSR count). The molecule has 0 fully saturated rings. The summed E-state index contributed by atoms with van der Waals surface area (Å²) in [7, 11) is 0. The van der Waals surface area contributed by atoms with Crippen molar-refractivity contribution in [2.75, 3.05) is 13.2 Å². The average Bonchev–Trinajstić information content (AvgIpc) is 2.90. The molecule has 0 aliphatic carbocycles. The largest absolute Gasteiger partial charge is 0.489 e. The molecule has 0 bridgehead atoms. The Morgan fingerprint density at radius 3 is 2.83 bits per heavy atom. The Balaban J connectivity index is 2.07. The smallest absolute Gasteiger partial charge is 0.404 e. The van der Waals surface area contributed by atoms with Crippen LogP contribution in [0.15, 0.2) is 34.5 Å². The summed E-state index contributed by atoms with van der Waals surface area (Å²) in [6, 6.07) is 5.15. The van der Waals surface area contributed by atoms with Gasteiger partial charge in [0.1, 0.15) is 17.9 Å². The first-order valence-corrected chi connectivity index (χ1v) is 7.08. The van der Waals surface area contributed by atoms with Gasteiger partial charge in [-0.2, -0.15) is 0 Å². The number of nitrogens with one attached hydrogen (secondary N) is 1. The van der Waals surface area contributed by atoms with Gasteiger partial charge in [0.2, 0.25) is 5.89 Å². The third-order valence-corrected chi connectivity index (χ3v) is 3.05. The molecule has 0 saturated carbocycles. The standard InChI is InChI=1S/C16H19FN2O4/c1-16(2,3)14-19-12-5-4-11(6-13(12)23-14)22-9-10(7-17)8-18-15(20)21/h4-7,18H,8-9H2,1-3H3,(H,20,21)/b10-7+. The van der Waals surface area contributed by atoms with Gasteiger partial charge in [0, 0.05) is 23.6 Å². The summed E-state index contributed by atoms with van der Waals surface area (Å²) in [5.41, 5.74) is 1.28. The molecule has 0 aliphatic heterocycles. The molecule has 1 heterocycles. The van der Waals surface area contributed by atoms with Gasteiger partial charge in [-0.3, -0.25) is 0 Å². The van der Waals surface area contributed by atoms with Crippen molar-refractivity contribution in [2.45, 2.75) is 26.2 Å². The summed E-state index contributed by atoms with van der Waals surface area (Å²) < 4.78 is 23.9. The molecule has 23 heavy (non-hydrogen) atoms. The van der Waals surface area contributed by atoms with E-state index in [1.807, 2.05) is 20.8 Å². The average molecular weight is 322 g/mol. The molecule has 0 atom stereocenters. The van der Waals surface area contributed by atoms with Crippen molar-refractivity contribution < 1.29 is 23.4 Å². The van der Waals surface area contributed by atoms with E-state index in [0.29, 0.717) is 23.6 Å². The van der Waals surface area contributed by atoms with E-state index < -0.39 is 6.09 Å². The van der Waals surface area contributed by atoms with Gasteiger partial charge in [-0.25, -0.2) is 14.2 Å². The van der Waals surface area contributed by atoms with Crippen LogP contribution >= 0.6 is 0 Å². The molecule has 0 saturated heterocycles. The van der Waals surface area contributed by atoms with E-state index in [0.717, 1.165) is 5.52 Å². The lowest BCUT2D eigenvalue weighted by atomic mass is 9.97. The van der Waals surface area contributed by atoms with E-state index in [4.69, 9.17) is 14.3 Å². The van der Waals surface area contributed by atoms with E-state index >= 15 is 0 Å². The number of rotatable bonds is 5. The third-order valence-electron chi connectivity index (χ3n) is 3.05. The maximum absolute atomic E-state index is 12.7. The zero-order valence-electron chi connectivity index (χ0n) is 13.2. The maximum atomic E-state index is 12.7. The van der Waals surface area contributed by atoms with Crippen LogP contribution in [0, 0.1) is 0 Å². The summed E-state index contributed by atoms with van der Waals surface area (Å²) in [5.74, 6) is 1.11. The molecule has 1 amide bonds. The van der Waals surface area contributed by atoms with Crippen molar-refractivity contribution in [2.24, 2.45) is 0 Å². The fourth-order valence-electron chi connectivity index (χ4n) is 1.80. The van der Waals surface area contributed by atoms with Crippen molar-refractivity contribution in [3.8, 4) is 5.75 Å². The molecular weight excluding hydrogens is 303 g/mol. The predicted molar refractivity (Wildman–Crippen MR) is 83.4 cm³/mol. The number of halogens is 1. The summed E-state index contributed by atoms with van der Waals surface area (Å²) in [5, 5.41) is 10.6. The van der Waals surface area contributed by atoms with E-state index in [2.05, 4.69) is 10.3 Å². The molecule has 0 aliphatic rings. The van der Waals surface area contributed by atoms with Crippen LogP contribution in [0.2, 0.25) is 0 Å². The van der Waals surface area contributed by atoms with Gasteiger partial charge in [-0.05, 0) is 12.1 Å². The number of oxazole rings is 1. The number of hydrogen-bond donors (Lipinski definition) is 2. The highest BCUT2D eigenvalue weighted by Gasteiger charge is 2.21. The SMILES string of the molecule is CC(C)(C)c1nc2ccc(OC/C(=C/F)CNC(=O)O)cc2o1. The number of carboxylic acid groups (broad SMARTS) is 1. The lowest BCUT2D eigenvalue weighted by molar-refractivity contribution is 0.195. The van der Waals surface area contributed by atoms with Crippen LogP contribution < -0.4 is 10.1 Å². The molecule has 6 nitrogen and oxygen atoms in total. The van der Waals surface area contributed by atoms with Gasteiger partial charge in [0.15, 0.2) is 5.58 Å². The van der Waals surface area contributed by atoms with E-state index in [1.54, 1.807) is 18.2 Å². The van der Waals surface area contributed by atoms with Gasteiger partial charge >= 0.3 is 6.09 Å². The highest BCUT2D eigenvalue weighted by Crippen LogP contribution is 2.28. The second-order valence-corrected chi connectivity index (χ2v) is 6.11. The van der Waals surface area contributed by atoms with Gasteiger partial charge in [0.25, 0.3) is 0 Å². The Labute approximate surface area is 133 Å². The molecule has 1 aromatic heterocycles. The fourth-order valence-corrected chi connectivity index (χ4v) is 1.80. The third kappa shape index (κ3) is 4.45. The van der Waals surface area contributed by atoms with E-state index in [-0.39, 0.29) is 24.1 Å². The first-order valence-electron chi connectivity index (χ1n) is 7.08. The molecule has 2 N–H and O–H groups in total. The van der Waals surface area contributed by atoms with Crippen molar-refractivity contribution in [1.29, 1.82) is 0 Å². The quantitative estimate of drug-likeness (QED) is 0.878. The highest BCUT2D eigenvalue weighted by atomic mass is 19.1. The number of aromatic nitrogens is 1. The molecule has 0 unspecified atom stereocenters. The summed E-state index contributed by atoms with van der Waals surface area (Å²) in [6.45, 7) is 5.81. The van der Waals surface area contributed by atoms with Crippen molar-refractivity contribution >= 4 is 17.2 Å². The Morgan fingerprint density at radius 2 is 2.22 bits per heavy atom. The molecule has 7 heteroatoms. The summed E-state index contributed by atoms with van der Waals surface area (Å²) in [6.07, 6.45) is -0.886. The van der Waals surface area contributed by atoms with Crippen LogP contribution in [0.3, 0.4) is 0 Å². The number of ether oxygens (including phenoxy) is 1. The molecule has 1 aromatic carbocycles. The highest BCUT2D eigenvalue weighted by molar-refractivity contribution is 5.74. The summed E-state index contributed by atoms with van der Waals surface area (Å²) in [4.78, 5) is 14.8. The van der Waals surface area contributed by atoms with Crippen molar-refractivity contribution in [3.05, 3.63) is 36.0 Å². The maximum Gasteiger partial charge on any atom is 0.404 e. The number of fused-ring (bicyclic) bond motifs is 1. The molecule has 0 spiro atoms. The summed E-state index contributed by atoms with van der Waals surface area (Å²) >= 11 is 0. The van der Waals surface area contributed by atoms with Gasteiger partial charge in [-0.15, -0.1) is 0 Å². The number of hydrogen-bond acceptors (Lipinski definition) is 4. The van der Waals surface area contributed by atoms with Crippen LogP contribution in [0.1, 0.15) is 26.7 Å². The second-order valence-electron chi connectivity index (χ2n) is 6.11. The lowest BCUT2D eigenvalue weighted by Gasteiger charge is -2.11. The number of carbonyl (C=O) groups is 1. The molecule has 2 aromatic rings. The topological polar surface area (TPSA) is 84.6 Å². The second kappa shape index (κ2) is 6.68. The monoisotopic (exact) mass is 322 g/mol. The minimum atomic E-state index is -1.22. The van der Waals surface area contributed by atoms with E-state index in [1.165, 1.54) is 0 Å². The predicted octanol–water partition coefficient (Wildman–Crippen LogP) is 3.63. The Bertz CT molecular complexity index is 731. The number of nitrogens with zero attached hydrogens (tertiary/aromatic N) is 1. The van der Waals surface area contributed by atoms with Crippen LogP contribution in [0.4, 0.5) is 9.18 Å². The molecule has 0 radical (unpaired) electrons. The minimum Gasteiger partial charge on any atom is -0.489 e. The van der Waals surface area contributed by atoms with Crippen LogP contribution in [0.5, 0.6) is 5.75 Å². The molecular formula is C16H19FN2O4. The lowest BCUT2D eigenvalue weighted by Crippen LogP contribution is -2.25. The number of benzene rings is 1. The minimum absolute atomic E-state index is 0.0669. The zero-order valence-corrected chi connectivity index (χ0v) is 13.2. The van der Waals surface area contributed by atoms with Gasteiger partial charge in [0.05, 0.1) is 6.33 Å². The first-order chi connectivity index (χ1) is 10.8. The Morgan fingerprint density at radius 1 is 1.48 bits per heavy atom. The normalized spacial score (nSPS) is 12.4. The number of amides is 1. The van der Waals surface area contributed by atoms with Crippen LogP contribution in [-0.2, 0) is 5.41 Å². The van der Waals surface area contributed by atoms with Crippen LogP contribution in [-0.4, -0.2) is 29.3 Å². The van der Waals surface area contributed by atoms with Crippen molar-refractivity contribution in [1.82, 2.24) is 10.3 Å². The molecule has 124 valence electrons. The van der Waals surface area contributed by atoms with Crippen LogP contribution in [0.25, 0.3) is 11.1 Å².